The second-order valence-electron chi connectivity index (χ2n) is 11.5. The predicted octanol–water partition coefficient (Wildman–Crippen LogP) is 7.96. The second kappa shape index (κ2) is 17.1. The summed E-state index contributed by atoms with van der Waals surface area (Å²) >= 11 is 5.86. The quantitative estimate of drug-likeness (QED) is 0.137. The zero-order valence-electron chi connectivity index (χ0n) is 26.4. The van der Waals surface area contributed by atoms with E-state index in [4.69, 9.17) is 16.3 Å². The van der Waals surface area contributed by atoms with Gasteiger partial charge in [-0.15, -0.1) is 0 Å². The van der Waals surface area contributed by atoms with Gasteiger partial charge in [0.05, 0.1) is 18.0 Å². The molecule has 0 spiro atoms. The third kappa shape index (κ3) is 9.85. The maximum absolute atomic E-state index is 14.1. The Kier molecular flexibility index (Phi) is 12.9. The molecule has 1 saturated heterocycles. The summed E-state index contributed by atoms with van der Waals surface area (Å²) in [6, 6.07) is 16.9. The Hall–Kier alpha value is -3.78. The Morgan fingerprint density at radius 2 is 1.84 bits per heavy atom. The van der Waals surface area contributed by atoms with Gasteiger partial charge in [0.15, 0.2) is 0 Å². The van der Waals surface area contributed by atoms with Crippen molar-refractivity contribution in [2.45, 2.75) is 32.6 Å². The Labute approximate surface area is 272 Å². The van der Waals surface area contributed by atoms with E-state index < -0.39 is 0 Å². The number of anilines is 1. The number of benzene rings is 3. The number of aromatic hydroxyl groups is 1. The molecule has 1 aliphatic rings. The fraction of sp³-hybridized carbons (Fsp3) is 0.351. The molecule has 0 unspecified atom stereocenters. The van der Waals surface area contributed by atoms with Crippen molar-refractivity contribution in [1.29, 1.82) is 0 Å². The molecule has 0 atom stereocenters. The van der Waals surface area contributed by atoms with Crippen LogP contribution in [0.25, 0.3) is 0 Å². The van der Waals surface area contributed by atoms with E-state index in [1.807, 2.05) is 37.3 Å². The van der Waals surface area contributed by atoms with Gasteiger partial charge in [0, 0.05) is 43.4 Å². The van der Waals surface area contributed by atoms with Crippen LogP contribution in [0.5, 0.6) is 5.75 Å². The lowest BCUT2D eigenvalue weighted by molar-refractivity contribution is 0.192. The highest BCUT2D eigenvalue weighted by Crippen LogP contribution is 2.31. The van der Waals surface area contributed by atoms with Gasteiger partial charge < -0.3 is 19.6 Å². The number of aliphatic imine (C=N–C) groups is 2. The normalized spacial score (nSPS) is 14.6. The maximum Gasteiger partial charge on any atom is 0.128 e. The molecular weight excluding hydrogens is 587 g/mol. The van der Waals surface area contributed by atoms with Crippen molar-refractivity contribution in [2.75, 3.05) is 51.3 Å². The molecule has 1 fully saturated rings. The summed E-state index contributed by atoms with van der Waals surface area (Å²) in [6.45, 7) is 14.7. The van der Waals surface area contributed by atoms with E-state index in [1.165, 1.54) is 6.07 Å². The average Bonchev–Trinajstić information content (AvgIpc) is 3.04. The van der Waals surface area contributed by atoms with Gasteiger partial charge in [-0.25, -0.2) is 4.39 Å². The molecule has 3 aromatic rings. The van der Waals surface area contributed by atoms with Crippen molar-refractivity contribution in [3.63, 3.8) is 0 Å². The molecule has 1 aliphatic heterocycles. The predicted molar refractivity (Wildman–Crippen MR) is 186 cm³/mol. The number of halogens is 2. The smallest absolute Gasteiger partial charge is 0.128 e. The number of phenolic OH excluding ortho intramolecular Hbond substituents is 1. The first kappa shape index (κ1) is 34.1. The molecule has 0 radical (unpaired) electrons. The largest absolute Gasteiger partial charge is 0.508 e. The van der Waals surface area contributed by atoms with Crippen molar-refractivity contribution in [3.05, 3.63) is 112 Å². The van der Waals surface area contributed by atoms with Crippen LogP contribution in [0.15, 0.2) is 88.5 Å². The number of ether oxygens (including phenoxy) is 1. The van der Waals surface area contributed by atoms with E-state index in [0.717, 1.165) is 85.7 Å². The van der Waals surface area contributed by atoms with Crippen LogP contribution in [-0.2, 0) is 17.6 Å². The van der Waals surface area contributed by atoms with Crippen LogP contribution in [0.2, 0.25) is 5.02 Å². The number of allylic oxidation sites excluding steroid dienone is 4. The Bertz CT molecular complexity index is 1510. The summed E-state index contributed by atoms with van der Waals surface area (Å²) in [5.41, 5.74) is 6.65. The SMILES string of the molecule is C=N/C(=C\C=C/Cc1ccc(Cl)cc1F)C1CCN(CCN(CCOC)c2ccc(Cc3ccc(O)c(C)c3)cc2N=C)CC1. The van der Waals surface area contributed by atoms with Gasteiger partial charge in [-0.1, -0.05) is 48.0 Å². The molecule has 0 saturated carbocycles. The highest BCUT2D eigenvalue weighted by Gasteiger charge is 2.22. The molecule has 238 valence electrons. The molecule has 3 aromatic carbocycles. The van der Waals surface area contributed by atoms with Gasteiger partial charge in [0.1, 0.15) is 11.6 Å². The number of rotatable bonds is 15. The zero-order chi connectivity index (χ0) is 32.2. The van der Waals surface area contributed by atoms with Crippen LogP contribution in [-0.4, -0.2) is 69.9 Å². The lowest BCUT2D eigenvalue weighted by Crippen LogP contribution is -2.41. The summed E-state index contributed by atoms with van der Waals surface area (Å²) in [6.07, 6.45) is 9.15. The van der Waals surface area contributed by atoms with Crippen molar-refractivity contribution >= 4 is 36.4 Å². The Balaban J connectivity index is 1.33. The highest BCUT2D eigenvalue weighted by molar-refractivity contribution is 6.30. The summed E-state index contributed by atoms with van der Waals surface area (Å²) in [5, 5.41) is 10.3. The molecule has 0 aliphatic carbocycles. The third-order valence-electron chi connectivity index (χ3n) is 8.42. The lowest BCUT2D eigenvalue weighted by atomic mass is 9.93. The van der Waals surface area contributed by atoms with Crippen molar-refractivity contribution in [2.24, 2.45) is 15.9 Å². The Morgan fingerprint density at radius 3 is 2.53 bits per heavy atom. The molecule has 0 amide bonds. The number of methoxy groups -OCH3 is 1. The van der Waals surface area contributed by atoms with Crippen molar-refractivity contribution in [1.82, 2.24) is 4.90 Å². The van der Waals surface area contributed by atoms with E-state index in [2.05, 4.69) is 51.4 Å². The minimum Gasteiger partial charge on any atom is -0.508 e. The molecule has 0 bridgehead atoms. The van der Waals surface area contributed by atoms with Gasteiger partial charge in [0.25, 0.3) is 0 Å². The van der Waals surface area contributed by atoms with Gasteiger partial charge in [0.2, 0.25) is 0 Å². The number of nitrogens with zero attached hydrogens (tertiary/aromatic N) is 4. The van der Waals surface area contributed by atoms with E-state index >= 15 is 0 Å². The Morgan fingerprint density at radius 1 is 1.09 bits per heavy atom. The average molecular weight is 631 g/mol. The van der Waals surface area contributed by atoms with Gasteiger partial charge in [-0.2, -0.15) is 0 Å². The van der Waals surface area contributed by atoms with E-state index in [1.54, 1.807) is 25.3 Å². The van der Waals surface area contributed by atoms with E-state index in [0.29, 0.717) is 35.3 Å². The van der Waals surface area contributed by atoms with Crippen LogP contribution in [0, 0.1) is 18.7 Å². The highest BCUT2D eigenvalue weighted by atomic mass is 35.5. The summed E-state index contributed by atoms with van der Waals surface area (Å²) in [5.74, 6) is 0.370. The van der Waals surface area contributed by atoms with Crippen molar-refractivity contribution in [3.8, 4) is 5.75 Å². The molecule has 1 N–H and O–H groups in total. The van der Waals surface area contributed by atoms with E-state index in [-0.39, 0.29) is 5.82 Å². The summed E-state index contributed by atoms with van der Waals surface area (Å²) < 4.78 is 19.5. The van der Waals surface area contributed by atoms with Gasteiger partial charge in [-0.05, 0) is 118 Å². The third-order valence-corrected chi connectivity index (χ3v) is 8.65. The summed E-state index contributed by atoms with van der Waals surface area (Å²) in [4.78, 5) is 13.5. The minimum absolute atomic E-state index is 0.291. The molecule has 45 heavy (non-hydrogen) atoms. The maximum atomic E-state index is 14.1. The number of aryl methyl sites for hydroxylation is 1. The first-order valence-electron chi connectivity index (χ1n) is 15.4. The molecule has 4 rings (SSSR count). The van der Waals surface area contributed by atoms with E-state index in [9.17, 15) is 9.50 Å². The van der Waals surface area contributed by atoms with Gasteiger partial charge in [-0.3, -0.25) is 9.98 Å². The van der Waals surface area contributed by atoms with Crippen molar-refractivity contribution < 1.29 is 14.2 Å². The minimum atomic E-state index is -0.291. The number of likely N-dealkylation sites (tertiary alicyclic amines) is 1. The second-order valence-corrected chi connectivity index (χ2v) is 11.9. The van der Waals surface area contributed by atoms with Crippen LogP contribution in [0.1, 0.15) is 35.1 Å². The standard InChI is InChI=1S/C37H44ClFN4O2/c1-27-23-28(10-14-37(27)44)24-29-9-13-36(35(25-29)41-3)43(21-22-45-4)20-19-42-17-15-31(16-18-42)34(40-2)8-6-5-7-30-11-12-32(38)26-33(30)39/h5-6,8-14,23,25-26,31,44H,2-3,7,15-22,24H2,1,4H3/b6-5-,34-8-. The number of phenols is 1. The fourth-order valence-electron chi connectivity index (χ4n) is 5.77. The fourth-order valence-corrected chi connectivity index (χ4v) is 5.93. The number of hydrogen-bond acceptors (Lipinski definition) is 6. The first-order valence-corrected chi connectivity index (χ1v) is 15.8. The van der Waals surface area contributed by atoms with Gasteiger partial charge >= 0.3 is 0 Å². The molecule has 6 nitrogen and oxygen atoms in total. The molecule has 8 heteroatoms. The van der Waals surface area contributed by atoms with Crippen LogP contribution >= 0.6 is 11.6 Å². The molecule has 0 aromatic heterocycles. The number of hydrogen-bond donors (Lipinski definition) is 1. The first-order chi connectivity index (χ1) is 21.8. The number of piperidine rings is 1. The summed E-state index contributed by atoms with van der Waals surface area (Å²) in [7, 11) is 1.72. The van der Waals surface area contributed by atoms with Crippen LogP contribution in [0.3, 0.4) is 0 Å². The monoisotopic (exact) mass is 630 g/mol. The topological polar surface area (TPSA) is 60.7 Å². The molecule has 1 heterocycles. The lowest BCUT2D eigenvalue weighted by Gasteiger charge is -2.34. The van der Waals surface area contributed by atoms with Crippen LogP contribution < -0.4 is 4.90 Å². The van der Waals surface area contributed by atoms with Crippen LogP contribution in [0.4, 0.5) is 15.8 Å². The molecular formula is C37H44ClFN4O2. The zero-order valence-corrected chi connectivity index (χ0v) is 27.1.